The van der Waals surface area contributed by atoms with Gasteiger partial charge in [-0.1, -0.05) is 83.0 Å². The van der Waals surface area contributed by atoms with Crippen molar-refractivity contribution in [3.8, 4) is 11.4 Å². The molecule has 5 heteroatoms. The summed E-state index contributed by atoms with van der Waals surface area (Å²) in [4.78, 5) is 19.3. The summed E-state index contributed by atoms with van der Waals surface area (Å²) in [6.07, 6.45) is 6.63. The van der Waals surface area contributed by atoms with Crippen LogP contribution in [0.15, 0.2) is 54.6 Å². The Bertz CT molecular complexity index is 1150. The monoisotopic (exact) mass is 487 g/mol. The number of fused-ring (bicyclic) bond motifs is 1. The molecule has 36 heavy (non-hydrogen) atoms. The van der Waals surface area contributed by atoms with E-state index in [0.717, 1.165) is 69.5 Å². The predicted octanol–water partition coefficient (Wildman–Crippen LogP) is 7.36. The lowest BCUT2D eigenvalue weighted by Gasteiger charge is -2.41. The summed E-state index contributed by atoms with van der Waals surface area (Å²) in [6, 6.07) is 18.3. The van der Waals surface area contributed by atoms with Gasteiger partial charge in [0.1, 0.15) is 5.82 Å². The van der Waals surface area contributed by atoms with Crippen molar-refractivity contribution >= 4 is 5.97 Å². The summed E-state index contributed by atoms with van der Waals surface area (Å²) in [5.41, 5.74) is 5.47. The van der Waals surface area contributed by atoms with Crippen molar-refractivity contribution < 1.29 is 9.90 Å². The average molecular weight is 488 g/mol. The normalized spacial score (nSPS) is 16.8. The van der Waals surface area contributed by atoms with E-state index in [1.54, 1.807) is 12.1 Å². The molecule has 1 atom stereocenters. The van der Waals surface area contributed by atoms with Crippen LogP contribution < -0.4 is 0 Å². The number of nitrogens with zero attached hydrogens (tertiary/aromatic N) is 3. The lowest BCUT2D eigenvalue weighted by Crippen LogP contribution is -2.38. The summed E-state index contributed by atoms with van der Waals surface area (Å²) in [5.74, 6) is 0.217. The Morgan fingerprint density at radius 3 is 2.39 bits per heavy atom. The fourth-order valence-corrected chi connectivity index (χ4v) is 5.51. The van der Waals surface area contributed by atoms with Gasteiger partial charge in [-0.15, -0.1) is 0 Å². The van der Waals surface area contributed by atoms with E-state index in [0.29, 0.717) is 5.56 Å². The van der Waals surface area contributed by atoms with E-state index in [-0.39, 0.29) is 11.5 Å². The van der Waals surface area contributed by atoms with Crippen LogP contribution in [0.5, 0.6) is 0 Å². The minimum atomic E-state index is -0.878. The SMILES string of the molecule is CCCCN(Cc1ccc(C(=O)O)cc1)C1CC(C)(C)Cc2nc(-c3ccccc3)n(CCCC)c21. The van der Waals surface area contributed by atoms with Crippen molar-refractivity contribution in [2.45, 2.75) is 85.4 Å². The minimum Gasteiger partial charge on any atom is -0.478 e. The van der Waals surface area contributed by atoms with Gasteiger partial charge in [-0.2, -0.15) is 0 Å². The fourth-order valence-electron chi connectivity index (χ4n) is 5.51. The molecule has 1 aliphatic rings. The van der Waals surface area contributed by atoms with E-state index in [1.807, 2.05) is 12.1 Å². The molecule has 1 aliphatic carbocycles. The Balaban J connectivity index is 1.78. The Morgan fingerprint density at radius 2 is 1.75 bits per heavy atom. The molecule has 192 valence electrons. The number of hydrogen-bond acceptors (Lipinski definition) is 3. The maximum Gasteiger partial charge on any atom is 0.335 e. The molecule has 1 N–H and O–H groups in total. The van der Waals surface area contributed by atoms with Crippen molar-refractivity contribution in [3.63, 3.8) is 0 Å². The Hall–Kier alpha value is -2.92. The van der Waals surface area contributed by atoms with Crippen LogP contribution in [0.25, 0.3) is 11.4 Å². The first-order valence-corrected chi connectivity index (χ1v) is 13.5. The first-order valence-electron chi connectivity index (χ1n) is 13.5. The minimum absolute atomic E-state index is 0.160. The van der Waals surface area contributed by atoms with E-state index >= 15 is 0 Å². The summed E-state index contributed by atoms with van der Waals surface area (Å²) in [7, 11) is 0. The number of hydrogen-bond donors (Lipinski definition) is 1. The Labute approximate surface area is 216 Å². The number of rotatable bonds is 11. The molecular weight excluding hydrogens is 446 g/mol. The van der Waals surface area contributed by atoms with E-state index in [4.69, 9.17) is 4.98 Å². The van der Waals surface area contributed by atoms with Gasteiger partial charge in [-0.05, 0) is 55.3 Å². The van der Waals surface area contributed by atoms with Crippen molar-refractivity contribution in [2.75, 3.05) is 6.54 Å². The molecule has 1 heterocycles. The number of carboxylic acids is 1. The summed E-state index contributed by atoms with van der Waals surface area (Å²) < 4.78 is 2.51. The quantitative estimate of drug-likeness (QED) is 0.307. The second kappa shape index (κ2) is 11.4. The standard InChI is InChI=1S/C31H41N3O2/c1-5-7-18-33(22-23-14-16-25(17-15-23)30(35)36)27-21-31(3,4)20-26-28(27)34(19-8-6-2)29(32-26)24-12-10-9-11-13-24/h9-17,27H,5-8,18-22H2,1-4H3,(H,35,36). The molecule has 2 aromatic carbocycles. The van der Waals surface area contributed by atoms with Crippen LogP contribution >= 0.6 is 0 Å². The number of unbranched alkanes of at least 4 members (excludes halogenated alkanes) is 2. The molecule has 1 unspecified atom stereocenters. The van der Waals surface area contributed by atoms with E-state index in [2.05, 4.69) is 67.5 Å². The van der Waals surface area contributed by atoms with Gasteiger partial charge >= 0.3 is 5.97 Å². The third-order valence-corrected chi connectivity index (χ3v) is 7.38. The molecule has 0 aliphatic heterocycles. The van der Waals surface area contributed by atoms with Gasteiger partial charge in [0.2, 0.25) is 0 Å². The Kier molecular flexibility index (Phi) is 8.30. The average Bonchev–Trinajstić information content (AvgIpc) is 3.22. The lowest BCUT2D eigenvalue weighted by molar-refractivity contribution is 0.0696. The topological polar surface area (TPSA) is 58.4 Å². The third-order valence-electron chi connectivity index (χ3n) is 7.38. The van der Waals surface area contributed by atoms with Crippen LogP contribution in [0.3, 0.4) is 0 Å². The van der Waals surface area contributed by atoms with Crippen LogP contribution in [-0.2, 0) is 19.5 Å². The molecule has 0 saturated carbocycles. The third kappa shape index (κ3) is 5.89. The first kappa shape index (κ1) is 26.2. The summed E-state index contributed by atoms with van der Waals surface area (Å²) in [6.45, 7) is 12.0. The number of benzene rings is 2. The number of aromatic carboxylic acids is 1. The molecule has 0 saturated heterocycles. The maximum atomic E-state index is 11.4. The smallest absolute Gasteiger partial charge is 0.335 e. The van der Waals surface area contributed by atoms with Gasteiger partial charge in [-0.25, -0.2) is 9.78 Å². The molecule has 4 rings (SSSR count). The van der Waals surface area contributed by atoms with E-state index < -0.39 is 5.97 Å². The van der Waals surface area contributed by atoms with Crippen molar-refractivity contribution in [2.24, 2.45) is 5.41 Å². The second-order valence-corrected chi connectivity index (χ2v) is 11.0. The highest BCUT2D eigenvalue weighted by Crippen LogP contribution is 2.45. The largest absolute Gasteiger partial charge is 0.478 e. The van der Waals surface area contributed by atoms with Gasteiger partial charge in [0.15, 0.2) is 0 Å². The summed E-state index contributed by atoms with van der Waals surface area (Å²) in [5, 5.41) is 9.32. The molecule has 0 fully saturated rings. The van der Waals surface area contributed by atoms with Crippen LogP contribution in [0.4, 0.5) is 0 Å². The molecule has 0 radical (unpaired) electrons. The van der Waals surface area contributed by atoms with Crippen molar-refractivity contribution in [1.82, 2.24) is 14.5 Å². The van der Waals surface area contributed by atoms with Gasteiger partial charge in [-0.3, -0.25) is 4.90 Å². The fraction of sp³-hybridized carbons (Fsp3) is 0.484. The molecule has 3 aromatic rings. The lowest BCUT2D eigenvalue weighted by atomic mass is 9.75. The first-order chi connectivity index (χ1) is 17.3. The second-order valence-electron chi connectivity index (χ2n) is 11.0. The highest BCUT2D eigenvalue weighted by atomic mass is 16.4. The van der Waals surface area contributed by atoms with E-state index in [9.17, 15) is 9.90 Å². The van der Waals surface area contributed by atoms with Gasteiger partial charge in [0.25, 0.3) is 0 Å². The van der Waals surface area contributed by atoms with Gasteiger partial charge < -0.3 is 9.67 Å². The van der Waals surface area contributed by atoms with Crippen molar-refractivity contribution in [3.05, 3.63) is 77.1 Å². The summed E-state index contributed by atoms with van der Waals surface area (Å²) >= 11 is 0. The van der Waals surface area contributed by atoms with Gasteiger partial charge in [0.05, 0.1) is 23.0 Å². The number of imidazole rings is 1. The predicted molar refractivity (Wildman–Crippen MR) is 146 cm³/mol. The van der Waals surface area contributed by atoms with Crippen LogP contribution in [0, 0.1) is 5.41 Å². The van der Waals surface area contributed by atoms with Crippen LogP contribution in [-0.4, -0.2) is 32.1 Å². The molecule has 0 amide bonds. The molecule has 1 aromatic heterocycles. The zero-order valence-electron chi connectivity index (χ0n) is 22.3. The van der Waals surface area contributed by atoms with Crippen molar-refractivity contribution in [1.29, 1.82) is 0 Å². The highest BCUT2D eigenvalue weighted by Gasteiger charge is 2.39. The Morgan fingerprint density at radius 1 is 1.06 bits per heavy atom. The van der Waals surface area contributed by atoms with Crippen LogP contribution in [0.2, 0.25) is 0 Å². The van der Waals surface area contributed by atoms with Crippen LogP contribution in [0.1, 0.15) is 93.2 Å². The van der Waals surface area contributed by atoms with E-state index in [1.165, 1.54) is 17.0 Å². The highest BCUT2D eigenvalue weighted by molar-refractivity contribution is 5.87. The molecule has 0 bridgehead atoms. The number of carbonyl (C=O) groups is 1. The molecule has 5 nitrogen and oxygen atoms in total. The molecule has 0 spiro atoms. The zero-order valence-corrected chi connectivity index (χ0v) is 22.3. The number of aromatic nitrogens is 2. The van der Waals surface area contributed by atoms with Gasteiger partial charge in [0, 0.05) is 18.7 Å². The molecular formula is C31H41N3O2. The number of carboxylic acid groups (broad SMARTS) is 1. The zero-order chi connectivity index (χ0) is 25.7. The maximum absolute atomic E-state index is 11.4.